The third kappa shape index (κ3) is 6.22. The minimum atomic E-state index is -0.0790. The predicted octanol–water partition coefficient (Wildman–Crippen LogP) is 3.71. The fourth-order valence-corrected chi connectivity index (χ4v) is 3.62. The number of nitrogens with zero attached hydrogens (tertiary/aromatic N) is 2. The molecule has 6 nitrogen and oxygen atoms in total. The van der Waals surface area contributed by atoms with Crippen molar-refractivity contribution in [2.45, 2.75) is 64.0 Å². The van der Waals surface area contributed by atoms with Crippen LogP contribution in [-0.4, -0.2) is 28.4 Å². The minimum Gasteiger partial charge on any atom is -0.338 e. The Morgan fingerprint density at radius 3 is 2.57 bits per heavy atom. The SMILES string of the molecule is O=C(NCCCCCn1nc(-c2ccccc2)ccc1=O)NC1CCCCC1. The molecule has 6 heteroatoms. The molecule has 28 heavy (non-hydrogen) atoms. The molecular formula is C22H30N4O2. The van der Waals surface area contributed by atoms with E-state index in [-0.39, 0.29) is 11.6 Å². The van der Waals surface area contributed by atoms with Gasteiger partial charge in [-0.2, -0.15) is 5.10 Å². The second-order valence-corrected chi connectivity index (χ2v) is 7.44. The molecule has 2 amide bonds. The first-order valence-corrected chi connectivity index (χ1v) is 10.4. The lowest BCUT2D eigenvalue weighted by molar-refractivity contribution is 0.232. The number of aromatic nitrogens is 2. The van der Waals surface area contributed by atoms with Gasteiger partial charge in [-0.1, -0.05) is 49.6 Å². The molecule has 0 radical (unpaired) electrons. The van der Waals surface area contributed by atoms with Gasteiger partial charge >= 0.3 is 6.03 Å². The highest BCUT2D eigenvalue weighted by molar-refractivity contribution is 5.74. The average molecular weight is 383 g/mol. The number of aryl methyl sites for hydroxylation is 1. The number of nitrogens with one attached hydrogen (secondary N) is 2. The highest BCUT2D eigenvalue weighted by Gasteiger charge is 2.14. The zero-order chi connectivity index (χ0) is 19.6. The molecule has 1 fully saturated rings. The largest absolute Gasteiger partial charge is 0.338 e. The Labute approximate surface area is 166 Å². The van der Waals surface area contributed by atoms with Crippen molar-refractivity contribution in [2.75, 3.05) is 6.54 Å². The summed E-state index contributed by atoms with van der Waals surface area (Å²) in [5.41, 5.74) is 1.73. The van der Waals surface area contributed by atoms with Gasteiger partial charge in [0.25, 0.3) is 5.56 Å². The smallest absolute Gasteiger partial charge is 0.315 e. The molecule has 0 saturated heterocycles. The maximum Gasteiger partial charge on any atom is 0.315 e. The molecule has 3 rings (SSSR count). The number of carbonyl (C=O) groups excluding carboxylic acids is 1. The first kappa shape index (κ1) is 20.1. The van der Waals surface area contributed by atoms with Crippen LogP contribution in [0.25, 0.3) is 11.3 Å². The number of urea groups is 1. The Morgan fingerprint density at radius 1 is 1.00 bits per heavy atom. The van der Waals surface area contributed by atoms with E-state index in [1.54, 1.807) is 12.1 Å². The predicted molar refractivity (Wildman–Crippen MR) is 111 cm³/mol. The summed E-state index contributed by atoms with van der Waals surface area (Å²) in [4.78, 5) is 23.9. The summed E-state index contributed by atoms with van der Waals surface area (Å²) in [7, 11) is 0. The molecule has 150 valence electrons. The molecule has 0 bridgehead atoms. The van der Waals surface area contributed by atoms with E-state index in [4.69, 9.17) is 0 Å². The van der Waals surface area contributed by atoms with Crippen LogP contribution < -0.4 is 16.2 Å². The van der Waals surface area contributed by atoms with Crippen LogP contribution in [0.5, 0.6) is 0 Å². The van der Waals surface area contributed by atoms with Gasteiger partial charge in [0.15, 0.2) is 0 Å². The molecule has 1 aliphatic carbocycles. The second-order valence-electron chi connectivity index (χ2n) is 7.44. The fourth-order valence-electron chi connectivity index (χ4n) is 3.62. The van der Waals surface area contributed by atoms with Crippen LogP contribution in [-0.2, 0) is 6.54 Å². The summed E-state index contributed by atoms with van der Waals surface area (Å²) in [6.45, 7) is 1.25. The molecule has 2 aromatic rings. The summed E-state index contributed by atoms with van der Waals surface area (Å²) in [5, 5.41) is 10.5. The Bertz CT molecular complexity index is 798. The second kappa shape index (κ2) is 10.6. The van der Waals surface area contributed by atoms with Crippen LogP contribution in [0.15, 0.2) is 47.3 Å². The summed E-state index contributed by atoms with van der Waals surface area (Å²) in [5.74, 6) is 0. The first-order valence-electron chi connectivity index (χ1n) is 10.4. The van der Waals surface area contributed by atoms with Crippen molar-refractivity contribution in [2.24, 2.45) is 0 Å². The molecule has 1 heterocycles. The van der Waals surface area contributed by atoms with Crippen molar-refractivity contribution in [1.82, 2.24) is 20.4 Å². The van der Waals surface area contributed by atoms with E-state index < -0.39 is 0 Å². The van der Waals surface area contributed by atoms with Gasteiger partial charge in [-0.25, -0.2) is 9.48 Å². The molecule has 1 aromatic carbocycles. The molecule has 1 aliphatic rings. The number of hydrogen-bond acceptors (Lipinski definition) is 3. The summed E-state index contributed by atoms with van der Waals surface area (Å²) >= 11 is 0. The van der Waals surface area contributed by atoms with Crippen LogP contribution in [0.1, 0.15) is 51.4 Å². The third-order valence-corrected chi connectivity index (χ3v) is 5.21. The van der Waals surface area contributed by atoms with Crippen molar-refractivity contribution in [3.05, 3.63) is 52.8 Å². The third-order valence-electron chi connectivity index (χ3n) is 5.21. The number of rotatable bonds is 8. The van der Waals surface area contributed by atoms with Crippen LogP contribution >= 0.6 is 0 Å². The van der Waals surface area contributed by atoms with Crippen LogP contribution in [0.2, 0.25) is 0 Å². The minimum absolute atomic E-state index is 0.0552. The number of benzene rings is 1. The lowest BCUT2D eigenvalue weighted by Gasteiger charge is -2.22. The van der Waals surface area contributed by atoms with Crippen molar-refractivity contribution in [1.29, 1.82) is 0 Å². The van der Waals surface area contributed by atoms with E-state index in [1.165, 1.54) is 23.9 Å². The normalized spacial score (nSPS) is 14.6. The van der Waals surface area contributed by atoms with E-state index in [9.17, 15) is 9.59 Å². The van der Waals surface area contributed by atoms with Gasteiger partial charge in [0.2, 0.25) is 0 Å². The van der Waals surface area contributed by atoms with Gasteiger partial charge in [-0.3, -0.25) is 4.79 Å². The van der Waals surface area contributed by atoms with Crippen molar-refractivity contribution in [3.63, 3.8) is 0 Å². The van der Waals surface area contributed by atoms with Crippen molar-refractivity contribution < 1.29 is 4.79 Å². The monoisotopic (exact) mass is 382 g/mol. The fraction of sp³-hybridized carbons (Fsp3) is 0.500. The van der Waals surface area contributed by atoms with E-state index in [0.29, 0.717) is 19.1 Å². The van der Waals surface area contributed by atoms with Gasteiger partial charge in [0.05, 0.1) is 5.69 Å². The van der Waals surface area contributed by atoms with Gasteiger partial charge in [0.1, 0.15) is 0 Å². The lowest BCUT2D eigenvalue weighted by Crippen LogP contribution is -2.43. The number of unbranched alkanes of at least 4 members (excludes halogenated alkanes) is 2. The van der Waals surface area contributed by atoms with Gasteiger partial charge in [0, 0.05) is 30.8 Å². The van der Waals surface area contributed by atoms with Gasteiger partial charge in [-0.15, -0.1) is 0 Å². The first-order chi connectivity index (χ1) is 13.7. The van der Waals surface area contributed by atoms with E-state index in [2.05, 4.69) is 15.7 Å². The number of amides is 2. The molecule has 0 atom stereocenters. The Balaban J connectivity index is 1.36. The van der Waals surface area contributed by atoms with Crippen LogP contribution in [0, 0.1) is 0 Å². The number of hydrogen-bond donors (Lipinski definition) is 2. The van der Waals surface area contributed by atoms with Crippen LogP contribution in [0.4, 0.5) is 4.79 Å². The Morgan fingerprint density at radius 2 is 1.79 bits per heavy atom. The maximum atomic E-state index is 12.0. The molecule has 2 N–H and O–H groups in total. The Kier molecular flexibility index (Phi) is 7.64. The van der Waals surface area contributed by atoms with Crippen molar-refractivity contribution in [3.8, 4) is 11.3 Å². The molecular weight excluding hydrogens is 352 g/mol. The maximum absolute atomic E-state index is 12.0. The molecule has 1 saturated carbocycles. The molecule has 0 aliphatic heterocycles. The summed E-state index contributed by atoms with van der Waals surface area (Å²) in [6.07, 6.45) is 8.59. The summed E-state index contributed by atoms with van der Waals surface area (Å²) < 4.78 is 1.53. The standard InChI is InChI=1S/C22H30N4O2/c27-21-15-14-20(18-10-4-1-5-11-18)25-26(21)17-9-3-8-16-23-22(28)24-19-12-6-2-7-13-19/h1,4-5,10-11,14-15,19H,2-3,6-9,12-13,16-17H2,(H2,23,24,28). The highest BCUT2D eigenvalue weighted by Crippen LogP contribution is 2.17. The van der Waals surface area contributed by atoms with Crippen LogP contribution in [0.3, 0.4) is 0 Å². The van der Waals surface area contributed by atoms with E-state index in [0.717, 1.165) is 43.4 Å². The Hall–Kier alpha value is -2.63. The average Bonchev–Trinajstić information content (AvgIpc) is 2.73. The zero-order valence-corrected chi connectivity index (χ0v) is 16.4. The topological polar surface area (TPSA) is 76.0 Å². The van der Waals surface area contributed by atoms with Crippen molar-refractivity contribution >= 4 is 6.03 Å². The van der Waals surface area contributed by atoms with E-state index in [1.807, 2.05) is 30.3 Å². The molecule has 0 spiro atoms. The lowest BCUT2D eigenvalue weighted by atomic mass is 9.96. The molecule has 1 aromatic heterocycles. The quantitative estimate of drug-likeness (QED) is 0.683. The van der Waals surface area contributed by atoms with E-state index >= 15 is 0 Å². The van der Waals surface area contributed by atoms with Gasteiger partial charge in [-0.05, 0) is 38.2 Å². The van der Waals surface area contributed by atoms with Gasteiger partial charge < -0.3 is 10.6 Å². The molecule has 0 unspecified atom stereocenters. The summed E-state index contributed by atoms with van der Waals surface area (Å²) in [6, 6.07) is 13.5. The highest BCUT2D eigenvalue weighted by atomic mass is 16.2. The number of carbonyl (C=O) groups is 1. The zero-order valence-electron chi connectivity index (χ0n) is 16.4.